The highest BCUT2D eigenvalue weighted by atomic mass is 16.4. The fourth-order valence-corrected chi connectivity index (χ4v) is 3.72. The van der Waals surface area contributed by atoms with Crippen molar-refractivity contribution in [3.63, 3.8) is 0 Å². The Morgan fingerprint density at radius 1 is 1.00 bits per heavy atom. The van der Waals surface area contributed by atoms with E-state index in [4.69, 9.17) is 17.2 Å². The van der Waals surface area contributed by atoms with Crippen LogP contribution >= 0.6 is 0 Å². The molecule has 3 amide bonds. The predicted octanol–water partition coefficient (Wildman–Crippen LogP) is -3.00. The van der Waals surface area contributed by atoms with Crippen LogP contribution in [0.4, 0.5) is 0 Å². The van der Waals surface area contributed by atoms with Crippen molar-refractivity contribution >= 4 is 40.6 Å². The summed E-state index contributed by atoms with van der Waals surface area (Å²) in [6, 6.07) is 1.82. The first kappa shape index (κ1) is 31.0. The van der Waals surface area contributed by atoms with Gasteiger partial charge in [-0.1, -0.05) is 18.2 Å². The normalized spacial score (nSPS) is 14.9. The number of nitrogens with one attached hydrogen (secondary N) is 4. The molecule has 0 aliphatic rings. The Kier molecular flexibility index (Phi) is 11.7. The third-order valence-electron chi connectivity index (χ3n) is 5.93. The predicted molar refractivity (Wildman–Crippen MR) is 142 cm³/mol. The molecule has 0 fully saturated rings. The molecule has 0 saturated heterocycles. The zero-order valence-electron chi connectivity index (χ0n) is 21.5. The molecule has 1 heterocycles. The molecule has 0 saturated carbocycles. The van der Waals surface area contributed by atoms with Gasteiger partial charge in [0, 0.05) is 30.1 Å². The quantitative estimate of drug-likeness (QED) is 0.0612. The van der Waals surface area contributed by atoms with Crippen molar-refractivity contribution in [2.24, 2.45) is 22.2 Å². The number of nitrogens with two attached hydrogens (primary N) is 3. The molecule has 0 spiro atoms. The molecular formula is C24H36N8O7. The summed E-state index contributed by atoms with van der Waals surface area (Å²) < 4.78 is 0. The van der Waals surface area contributed by atoms with Gasteiger partial charge in [-0.2, -0.15) is 0 Å². The van der Waals surface area contributed by atoms with Crippen LogP contribution in [-0.4, -0.2) is 93.4 Å². The van der Waals surface area contributed by atoms with E-state index in [1.807, 2.05) is 18.2 Å². The van der Waals surface area contributed by atoms with Crippen molar-refractivity contribution in [2.75, 3.05) is 13.2 Å². The average Bonchev–Trinajstić information content (AvgIpc) is 3.30. The van der Waals surface area contributed by atoms with Gasteiger partial charge in [-0.05, 0) is 31.4 Å². The summed E-state index contributed by atoms with van der Waals surface area (Å²) in [5, 5.41) is 36.9. The van der Waals surface area contributed by atoms with Crippen LogP contribution in [-0.2, 0) is 25.6 Å². The third kappa shape index (κ3) is 9.24. The molecule has 1 aromatic heterocycles. The highest BCUT2D eigenvalue weighted by Crippen LogP contribution is 2.19. The van der Waals surface area contributed by atoms with Gasteiger partial charge in [-0.3, -0.25) is 19.4 Å². The summed E-state index contributed by atoms with van der Waals surface area (Å²) in [6.45, 7) is 0.598. The number of hydrogen-bond acceptors (Lipinski definition) is 8. The Hall–Kier alpha value is -4.21. The molecule has 214 valence electrons. The van der Waals surface area contributed by atoms with Gasteiger partial charge in [0.1, 0.15) is 24.2 Å². The molecule has 1 aromatic carbocycles. The van der Waals surface area contributed by atoms with Crippen molar-refractivity contribution in [1.82, 2.24) is 20.9 Å². The van der Waals surface area contributed by atoms with Crippen molar-refractivity contribution < 1.29 is 34.5 Å². The molecule has 39 heavy (non-hydrogen) atoms. The number of aromatic amines is 1. The maximum Gasteiger partial charge on any atom is 0.326 e. The van der Waals surface area contributed by atoms with Crippen LogP contribution in [0.2, 0.25) is 0 Å². The number of aliphatic hydroxyl groups excluding tert-OH is 2. The van der Waals surface area contributed by atoms with Crippen LogP contribution in [0.25, 0.3) is 10.9 Å². The average molecular weight is 549 g/mol. The molecule has 0 radical (unpaired) electrons. The Morgan fingerprint density at radius 2 is 1.62 bits per heavy atom. The topological polar surface area (TPSA) is 271 Å². The molecule has 0 aliphatic heterocycles. The van der Waals surface area contributed by atoms with E-state index >= 15 is 0 Å². The molecule has 15 heteroatoms. The number of carboxylic acids is 1. The zero-order chi connectivity index (χ0) is 29.1. The number of carbonyl (C=O) groups is 4. The van der Waals surface area contributed by atoms with Gasteiger partial charge in [-0.25, -0.2) is 4.79 Å². The zero-order valence-corrected chi connectivity index (χ0v) is 21.5. The Labute approximate surface area is 224 Å². The number of carboxylic acid groups (broad SMARTS) is 1. The molecule has 2 aromatic rings. The fraction of sp³-hybridized carbons (Fsp3) is 0.458. The van der Waals surface area contributed by atoms with Gasteiger partial charge in [0.15, 0.2) is 5.96 Å². The first-order chi connectivity index (χ1) is 18.4. The summed E-state index contributed by atoms with van der Waals surface area (Å²) in [6.07, 6.45) is 0.668. The van der Waals surface area contributed by atoms with E-state index in [1.54, 1.807) is 12.3 Å². The van der Waals surface area contributed by atoms with Gasteiger partial charge < -0.3 is 53.5 Å². The molecule has 13 N–H and O–H groups in total. The lowest BCUT2D eigenvalue weighted by molar-refractivity contribution is -0.142. The summed E-state index contributed by atoms with van der Waals surface area (Å²) in [5.41, 5.74) is 17.7. The molecule has 5 atom stereocenters. The molecule has 15 nitrogen and oxygen atoms in total. The van der Waals surface area contributed by atoms with Crippen molar-refractivity contribution in [3.8, 4) is 0 Å². The second kappa shape index (κ2) is 14.7. The number of para-hydroxylation sites is 1. The minimum absolute atomic E-state index is 0.0268. The van der Waals surface area contributed by atoms with E-state index in [0.717, 1.165) is 10.9 Å². The van der Waals surface area contributed by atoms with Crippen LogP contribution in [0.5, 0.6) is 0 Å². The largest absolute Gasteiger partial charge is 0.480 e. The second-order valence-electron chi connectivity index (χ2n) is 8.98. The van der Waals surface area contributed by atoms with E-state index in [2.05, 4.69) is 25.9 Å². The second-order valence-corrected chi connectivity index (χ2v) is 8.98. The lowest BCUT2D eigenvalue weighted by atomic mass is 10.0. The molecule has 2 rings (SSSR count). The summed E-state index contributed by atoms with van der Waals surface area (Å²) in [7, 11) is 0. The molecular weight excluding hydrogens is 512 g/mol. The fourth-order valence-electron chi connectivity index (χ4n) is 3.72. The van der Waals surface area contributed by atoms with Crippen LogP contribution in [0.15, 0.2) is 35.5 Å². The Balaban J connectivity index is 2.11. The lowest BCUT2D eigenvalue weighted by Crippen LogP contribution is -2.59. The minimum atomic E-state index is -1.52. The molecule has 5 unspecified atom stereocenters. The Bertz CT molecular complexity index is 1180. The minimum Gasteiger partial charge on any atom is -0.480 e. The van der Waals surface area contributed by atoms with Crippen LogP contribution in [0.1, 0.15) is 25.3 Å². The van der Waals surface area contributed by atoms with E-state index in [9.17, 15) is 34.5 Å². The first-order valence-electron chi connectivity index (χ1n) is 12.2. The summed E-state index contributed by atoms with van der Waals surface area (Å²) in [4.78, 5) is 56.9. The molecule has 0 aliphatic carbocycles. The SMILES string of the molecule is CC(O)C(N)C(=O)NC(CCCN=C(N)N)C(=O)NC(CO)C(=O)NC(Cc1c[nH]c2ccccc12)C(=O)O. The number of rotatable bonds is 15. The highest BCUT2D eigenvalue weighted by Gasteiger charge is 2.31. The van der Waals surface area contributed by atoms with Gasteiger partial charge >= 0.3 is 5.97 Å². The highest BCUT2D eigenvalue weighted by molar-refractivity contribution is 5.94. The number of amides is 3. The lowest BCUT2D eigenvalue weighted by Gasteiger charge is -2.24. The number of guanidine groups is 1. The van der Waals surface area contributed by atoms with Crippen LogP contribution in [0.3, 0.4) is 0 Å². The third-order valence-corrected chi connectivity index (χ3v) is 5.93. The van der Waals surface area contributed by atoms with E-state index in [-0.39, 0.29) is 31.8 Å². The van der Waals surface area contributed by atoms with Gasteiger partial charge in [0.25, 0.3) is 0 Å². The summed E-state index contributed by atoms with van der Waals surface area (Å²) in [5.74, 6) is -4.07. The number of carbonyl (C=O) groups excluding carboxylic acids is 3. The number of aromatic nitrogens is 1. The number of aliphatic carboxylic acids is 1. The van der Waals surface area contributed by atoms with Crippen molar-refractivity contribution in [3.05, 3.63) is 36.0 Å². The smallest absolute Gasteiger partial charge is 0.326 e. The molecule has 0 bridgehead atoms. The van der Waals surface area contributed by atoms with Crippen molar-refractivity contribution in [1.29, 1.82) is 0 Å². The van der Waals surface area contributed by atoms with E-state index < -0.39 is 60.6 Å². The van der Waals surface area contributed by atoms with E-state index in [0.29, 0.717) is 5.56 Å². The van der Waals surface area contributed by atoms with Gasteiger partial charge in [0.05, 0.1) is 12.7 Å². The first-order valence-corrected chi connectivity index (χ1v) is 12.2. The standard InChI is InChI=1S/C24H36N8O7/c1-12(34)19(25)22(37)30-16(7-4-8-28-24(26)27)20(35)32-18(11-33)21(36)31-17(23(38)39)9-13-10-29-15-6-3-2-5-14(13)15/h2-3,5-6,10,12,16-19,29,33-34H,4,7-9,11,25H2,1H3,(H,30,37)(H,31,36)(H,32,35)(H,38,39)(H4,26,27,28). The van der Waals surface area contributed by atoms with Crippen LogP contribution < -0.4 is 33.2 Å². The number of aliphatic hydroxyl groups is 2. The Morgan fingerprint density at radius 3 is 2.23 bits per heavy atom. The summed E-state index contributed by atoms with van der Waals surface area (Å²) >= 11 is 0. The number of benzene rings is 1. The van der Waals surface area contributed by atoms with Gasteiger partial charge in [-0.15, -0.1) is 0 Å². The number of aliphatic imine (C=N–C) groups is 1. The van der Waals surface area contributed by atoms with Gasteiger partial charge in [0.2, 0.25) is 17.7 Å². The monoisotopic (exact) mass is 548 g/mol. The van der Waals surface area contributed by atoms with Crippen molar-refractivity contribution in [2.45, 2.75) is 56.5 Å². The maximum atomic E-state index is 13.0. The number of fused-ring (bicyclic) bond motifs is 1. The number of nitrogens with zero attached hydrogens (tertiary/aromatic N) is 1. The number of hydrogen-bond donors (Lipinski definition) is 10. The van der Waals surface area contributed by atoms with Crippen LogP contribution in [0, 0.1) is 0 Å². The maximum absolute atomic E-state index is 13.0. The van der Waals surface area contributed by atoms with E-state index in [1.165, 1.54) is 6.92 Å². The number of H-pyrrole nitrogens is 1.